The van der Waals surface area contributed by atoms with Gasteiger partial charge in [-0.2, -0.15) is 25.8 Å². The van der Waals surface area contributed by atoms with Crippen molar-refractivity contribution in [3.8, 4) is 5.75 Å². The number of primary amides is 1. The van der Waals surface area contributed by atoms with E-state index in [0.29, 0.717) is 36.9 Å². The van der Waals surface area contributed by atoms with Gasteiger partial charge in [0.05, 0.1) is 18.6 Å². The van der Waals surface area contributed by atoms with Gasteiger partial charge in [0.2, 0.25) is 53.2 Å². The summed E-state index contributed by atoms with van der Waals surface area (Å²) in [6, 6.07) is 1.21. The minimum absolute atomic E-state index is 0.103. The molecule has 0 saturated heterocycles. The van der Waals surface area contributed by atoms with Gasteiger partial charge in [-0.15, -0.1) is 0 Å². The van der Waals surface area contributed by atoms with Crippen LogP contribution in [-0.2, 0) is 65.6 Å². The minimum Gasteiger partial charge on any atom is -0.508 e. The maximum absolute atomic E-state index is 14.2. The molecule has 0 fully saturated rings. The van der Waals surface area contributed by atoms with Crippen molar-refractivity contribution in [2.24, 2.45) is 23.1 Å². The Kier molecular flexibility index (Phi) is 29.4. The Bertz CT molecular complexity index is 2370. The van der Waals surface area contributed by atoms with Crippen molar-refractivity contribution in [1.82, 2.24) is 42.5 Å². The van der Waals surface area contributed by atoms with Crippen LogP contribution < -0.4 is 59.7 Å². The number of nitrogens with one attached hydrogen (secondary N) is 8. The Morgan fingerprint density at radius 1 is 0.577 bits per heavy atom. The number of aliphatic carboxylic acids is 2. The van der Waals surface area contributed by atoms with Crippen LogP contribution in [0.4, 0.5) is 13.2 Å². The lowest BCUT2D eigenvalue weighted by Crippen LogP contribution is -2.61. The molecular formula is C48H70F3N11O15S. The number of halogens is 3. The smallest absolute Gasteiger partial charge is 0.490 e. The van der Waals surface area contributed by atoms with E-state index in [1.54, 1.807) is 44.2 Å². The highest BCUT2D eigenvalue weighted by atomic mass is 32.1. The van der Waals surface area contributed by atoms with E-state index in [2.05, 4.69) is 55.2 Å². The van der Waals surface area contributed by atoms with Gasteiger partial charge in [0.15, 0.2) is 0 Å². The minimum atomic E-state index is -5.08. The summed E-state index contributed by atoms with van der Waals surface area (Å²) in [6.07, 6.45) is -6.28. The topological polar surface area (TPSA) is 443 Å². The number of carboxylic acid groups (broad SMARTS) is 2. The van der Waals surface area contributed by atoms with E-state index in [1.807, 2.05) is 0 Å². The molecule has 0 saturated carbocycles. The van der Waals surface area contributed by atoms with Crippen molar-refractivity contribution >= 4 is 77.7 Å². The number of rotatable bonds is 30. The quantitative estimate of drug-likeness (QED) is 0.0276. The highest BCUT2D eigenvalue weighted by Crippen LogP contribution is 2.15. The van der Waals surface area contributed by atoms with Crippen LogP contribution in [0.25, 0.3) is 0 Å². The third-order valence-corrected chi connectivity index (χ3v) is 11.5. The van der Waals surface area contributed by atoms with E-state index >= 15 is 0 Å². The number of unbranched alkanes of at least 4 members (excludes halogenated alkanes) is 1. The van der Waals surface area contributed by atoms with Gasteiger partial charge in [-0.3, -0.25) is 43.2 Å². The summed E-state index contributed by atoms with van der Waals surface area (Å²) in [5.41, 5.74) is 17.9. The molecule has 0 heterocycles. The second-order valence-electron chi connectivity index (χ2n) is 18.1. The first-order chi connectivity index (χ1) is 36.3. The third kappa shape index (κ3) is 25.1. The average Bonchev–Trinajstić information content (AvgIpc) is 3.35. The molecule has 0 aliphatic carbocycles. The van der Waals surface area contributed by atoms with Crippen molar-refractivity contribution in [3.63, 3.8) is 0 Å². The Morgan fingerprint density at radius 2 is 1.00 bits per heavy atom. The van der Waals surface area contributed by atoms with Gasteiger partial charge < -0.3 is 80.2 Å². The molecule has 0 spiro atoms. The second kappa shape index (κ2) is 33.6. The van der Waals surface area contributed by atoms with Crippen molar-refractivity contribution in [3.05, 3.63) is 65.7 Å². The van der Waals surface area contributed by atoms with Crippen LogP contribution >= 0.6 is 12.6 Å². The largest absolute Gasteiger partial charge is 0.508 e. The third-order valence-electron chi connectivity index (χ3n) is 11.1. The summed E-state index contributed by atoms with van der Waals surface area (Å²) >= 11 is 3.89. The van der Waals surface area contributed by atoms with Crippen LogP contribution in [0.5, 0.6) is 5.75 Å². The second-order valence-corrected chi connectivity index (χ2v) is 18.5. The van der Waals surface area contributed by atoms with Gasteiger partial charge >= 0.3 is 18.1 Å². The number of hydrogen-bond donors (Lipinski definition) is 16. The number of alkyl halides is 3. The molecular weight excluding hydrogens is 1060 g/mol. The molecule has 0 aliphatic rings. The molecule has 434 valence electrons. The number of thiol groups is 1. The molecule has 18 N–H and O–H groups in total. The van der Waals surface area contributed by atoms with Gasteiger partial charge in [0.1, 0.15) is 54.1 Å². The molecule has 2 aromatic rings. The predicted molar refractivity (Wildman–Crippen MR) is 275 cm³/mol. The number of amides is 9. The summed E-state index contributed by atoms with van der Waals surface area (Å²) in [5, 5.41) is 56.1. The summed E-state index contributed by atoms with van der Waals surface area (Å²) in [7, 11) is 0. The SMILES string of the molecule is CC(NC(=O)C(N)CCCCN)C(=O)NC(C(=O)NC(Cc1ccc(O)cc1)C(=O)NC(CC(N)=O)C(=O)NC(Cc1ccccc1)C(=O)NC(C)C(=O)NC(C(=O)NC(CS)C(=O)O)C(C)O)C(C)C.O=C(O)C(F)(F)F. The lowest BCUT2D eigenvalue weighted by molar-refractivity contribution is -0.192. The van der Waals surface area contributed by atoms with E-state index in [1.165, 1.54) is 45.0 Å². The monoisotopic (exact) mass is 1130 g/mol. The van der Waals surface area contributed by atoms with Gasteiger partial charge in [0, 0.05) is 18.6 Å². The van der Waals surface area contributed by atoms with E-state index < -0.39 is 144 Å². The number of aliphatic hydroxyl groups is 1. The number of carbonyl (C=O) groups is 11. The number of aliphatic hydroxyl groups excluding tert-OH is 1. The van der Waals surface area contributed by atoms with Gasteiger partial charge in [-0.25, -0.2) is 9.59 Å². The fourth-order valence-corrected chi connectivity index (χ4v) is 6.95. The Hall–Kier alpha value is -7.57. The average molecular weight is 1130 g/mol. The van der Waals surface area contributed by atoms with E-state index in [0.717, 1.165) is 0 Å². The number of hydrogen-bond acceptors (Lipinski definition) is 16. The molecule has 30 heteroatoms. The Morgan fingerprint density at radius 3 is 1.45 bits per heavy atom. The number of carbonyl (C=O) groups excluding carboxylic acids is 9. The lowest BCUT2D eigenvalue weighted by Gasteiger charge is -2.28. The van der Waals surface area contributed by atoms with Crippen LogP contribution in [0.2, 0.25) is 0 Å². The first-order valence-electron chi connectivity index (χ1n) is 24.1. The van der Waals surface area contributed by atoms with Crippen molar-refractivity contribution in [2.45, 2.75) is 140 Å². The van der Waals surface area contributed by atoms with Crippen LogP contribution in [0.3, 0.4) is 0 Å². The van der Waals surface area contributed by atoms with Gasteiger partial charge in [-0.05, 0) is 69.3 Å². The van der Waals surface area contributed by atoms with Crippen LogP contribution in [-0.4, -0.2) is 164 Å². The highest BCUT2D eigenvalue weighted by molar-refractivity contribution is 7.80. The molecule has 0 aromatic heterocycles. The molecule has 2 aromatic carbocycles. The number of phenols is 1. The zero-order chi connectivity index (χ0) is 59.6. The zero-order valence-electron chi connectivity index (χ0n) is 43.3. The summed E-state index contributed by atoms with van der Waals surface area (Å²) in [5.74, 6) is -13.5. The Labute approximate surface area is 452 Å². The van der Waals surface area contributed by atoms with Crippen LogP contribution in [0.1, 0.15) is 71.4 Å². The summed E-state index contributed by atoms with van der Waals surface area (Å²) in [6.45, 7) is 7.45. The maximum atomic E-state index is 14.2. The van der Waals surface area contributed by atoms with Gasteiger partial charge in [0.25, 0.3) is 0 Å². The molecule has 0 radical (unpaired) electrons. The first-order valence-corrected chi connectivity index (χ1v) is 24.8. The number of nitrogens with two attached hydrogens (primary N) is 3. The molecule has 10 unspecified atom stereocenters. The lowest BCUT2D eigenvalue weighted by atomic mass is 10.00. The molecule has 0 aliphatic heterocycles. The van der Waals surface area contributed by atoms with E-state index in [9.17, 15) is 76.4 Å². The van der Waals surface area contributed by atoms with Crippen LogP contribution in [0, 0.1) is 5.92 Å². The fourth-order valence-electron chi connectivity index (χ4n) is 6.70. The first kappa shape index (κ1) is 68.4. The van der Waals surface area contributed by atoms with Crippen molar-refractivity contribution in [1.29, 1.82) is 0 Å². The molecule has 26 nitrogen and oxygen atoms in total. The standard InChI is InChI=1S/C46H69N11O13S.C2HF3O2/c1-23(2)36(56-38(61)24(3)50-40(63)30(48)13-9-10-18-47)44(67)54-32(20-28-14-16-29(59)17-15-28)42(65)53-33(21-35(49)60)43(66)52-31(19-27-11-7-6-8-12-27)41(64)51-25(4)39(62)57-37(26(5)58)45(68)55-34(22-71)46(69)70;3-2(4,5)1(6)7/h6-8,11-12,14-17,23-26,30-34,36-37,58-59,71H,9-10,13,18-22,47-48H2,1-5H3,(H2,49,60)(H,50,63)(H,51,64)(H,52,66)(H,53,65)(H,54,67)(H,55,68)(H,56,61)(H,57,62)(H,69,70);(H,6,7). The van der Waals surface area contributed by atoms with Crippen molar-refractivity contribution in [2.75, 3.05) is 12.3 Å². The Balaban J connectivity index is 0.00000404. The number of phenolic OH excluding ortho intramolecular Hbond substituents is 1. The number of aromatic hydroxyl groups is 1. The number of benzene rings is 2. The summed E-state index contributed by atoms with van der Waals surface area (Å²) < 4.78 is 31.7. The zero-order valence-corrected chi connectivity index (χ0v) is 44.2. The maximum Gasteiger partial charge on any atom is 0.490 e. The fraction of sp³-hybridized carbons (Fsp3) is 0.521. The number of carboxylic acids is 2. The molecule has 78 heavy (non-hydrogen) atoms. The van der Waals surface area contributed by atoms with E-state index in [4.69, 9.17) is 27.1 Å². The molecule has 10 atom stereocenters. The van der Waals surface area contributed by atoms with Crippen LogP contribution in [0.15, 0.2) is 54.6 Å². The molecule has 2 rings (SSSR count). The normalized spacial score (nSPS) is 14.9. The van der Waals surface area contributed by atoms with E-state index in [-0.39, 0.29) is 24.3 Å². The molecule has 0 bridgehead atoms. The highest BCUT2D eigenvalue weighted by Gasteiger charge is 2.39. The van der Waals surface area contributed by atoms with Gasteiger partial charge in [-0.1, -0.05) is 62.7 Å². The summed E-state index contributed by atoms with van der Waals surface area (Å²) in [4.78, 5) is 141. The van der Waals surface area contributed by atoms with Crippen molar-refractivity contribution < 1.29 is 86.3 Å². The molecule has 9 amide bonds. The predicted octanol–water partition coefficient (Wildman–Crippen LogP) is -2.89.